The molecule has 0 bridgehead atoms. The molecule has 1 saturated carbocycles. The van der Waals surface area contributed by atoms with E-state index in [4.69, 9.17) is 0 Å². The van der Waals surface area contributed by atoms with Crippen LogP contribution in [0.4, 0.5) is 0 Å². The summed E-state index contributed by atoms with van der Waals surface area (Å²) in [6.45, 7) is 12.7. The zero-order chi connectivity index (χ0) is 13.0. The van der Waals surface area contributed by atoms with Crippen LogP contribution >= 0.6 is 0 Å². The molecule has 0 spiro atoms. The summed E-state index contributed by atoms with van der Waals surface area (Å²) in [6.07, 6.45) is 8.39. The Kier molecular flexibility index (Phi) is 13.1. The lowest BCUT2D eigenvalue weighted by Gasteiger charge is -2.27. The van der Waals surface area contributed by atoms with Gasteiger partial charge in [-0.25, -0.2) is 0 Å². The van der Waals surface area contributed by atoms with Gasteiger partial charge in [0, 0.05) is 5.54 Å². The molecule has 0 aromatic carbocycles. The fourth-order valence-corrected chi connectivity index (χ4v) is 2.23. The third kappa shape index (κ3) is 7.27. The van der Waals surface area contributed by atoms with E-state index in [0.29, 0.717) is 5.54 Å². The molecule has 100 valence electrons. The number of nitrogens with one attached hydrogen (secondary N) is 1. The summed E-state index contributed by atoms with van der Waals surface area (Å²) >= 11 is 0. The van der Waals surface area contributed by atoms with E-state index < -0.39 is 0 Å². The predicted octanol–water partition coefficient (Wildman–Crippen LogP) is 5.01. The van der Waals surface area contributed by atoms with Crippen LogP contribution in [0.5, 0.6) is 0 Å². The van der Waals surface area contributed by atoms with Crippen molar-refractivity contribution in [3.63, 3.8) is 0 Å². The standard InChI is InChI=1S/C11H23N.2C2H6/c1-4-10-6-5-8-11(2,12-3)9-7-10;2*1-2/h10,12H,4-9H2,1-3H3;2*1-2H3. The third-order valence-electron chi connectivity index (χ3n) is 3.63. The molecule has 1 nitrogen and oxygen atoms in total. The maximum Gasteiger partial charge on any atom is 0.0150 e. The maximum absolute atomic E-state index is 3.46. The molecule has 0 heterocycles. The van der Waals surface area contributed by atoms with Gasteiger partial charge in [0.25, 0.3) is 0 Å². The van der Waals surface area contributed by atoms with Crippen molar-refractivity contribution in [1.29, 1.82) is 0 Å². The first-order valence-electron chi connectivity index (χ1n) is 7.39. The molecule has 2 unspecified atom stereocenters. The van der Waals surface area contributed by atoms with E-state index in [1.54, 1.807) is 0 Å². The summed E-state index contributed by atoms with van der Waals surface area (Å²) < 4.78 is 0. The second-order valence-corrected chi connectivity index (χ2v) is 4.52. The Morgan fingerprint density at radius 1 is 1.06 bits per heavy atom. The maximum atomic E-state index is 3.46. The molecule has 0 amide bonds. The Morgan fingerprint density at radius 3 is 2.06 bits per heavy atom. The lowest BCUT2D eigenvalue weighted by molar-refractivity contribution is 0.330. The highest BCUT2D eigenvalue weighted by Crippen LogP contribution is 2.31. The van der Waals surface area contributed by atoms with E-state index in [9.17, 15) is 0 Å². The summed E-state index contributed by atoms with van der Waals surface area (Å²) in [7, 11) is 2.10. The van der Waals surface area contributed by atoms with Gasteiger partial charge in [-0.1, -0.05) is 53.9 Å². The molecule has 1 heteroatoms. The minimum atomic E-state index is 0.434. The molecule has 16 heavy (non-hydrogen) atoms. The highest BCUT2D eigenvalue weighted by molar-refractivity contribution is 4.85. The number of hydrogen-bond donors (Lipinski definition) is 1. The molecule has 1 fully saturated rings. The molecule has 0 radical (unpaired) electrons. The number of rotatable bonds is 2. The van der Waals surface area contributed by atoms with Crippen LogP contribution in [0.3, 0.4) is 0 Å². The zero-order valence-corrected chi connectivity index (χ0v) is 12.8. The summed E-state index contributed by atoms with van der Waals surface area (Å²) in [5.74, 6) is 1.00. The van der Waals surface area contributed by atoms with E-state index in [2.05, 4.69) is 26.2 Å². The lowest BCUT2D eigenvalue weighted by Crippen LogP contribution is -2.38. The van der Waals surface area contributed by atoms with Crippen LogP contribution in [0, 0.1) is 5.92 Å². The van der Waals surface area contributed by atoms with Crippen molar-refractivity contribution in [2.45, 2.75) is 85.6 Å². The molecular formula is C15H35N. The van der Waals surface area contributed by atoms with E-state index >= 15 is 0 Å². The molecule has 0 aromatic heterocycles. The summed E-state index contributed by atoms with van der Waals surface area (Å²) in [5.41, 5.74) is 0.434. The minimum absolute atomic E-state index is 0.434. The van der Waals surface area contributed by atoms with E-state index in [1.807, 2.05) is 27.7 Å². The van der Waals surface area contributed by atoms with Crippen LogP contribution in [0.25, 0.3) is 0 Å². The number of hydrogen-bond acceptors (Lipinski definition) is 1. The van der Waals surface area contributed by atoms with Crippen LogP contribution in [0.15, 0.2) is 0 Å². The minimum Gasteiger partial charge on any atom is -0.315 e. The van der Waals surface area contributed by atoms with Gasteiger partial charge in [0.2, 0.25) is 0 Å². The Labute approximate surface area is 104 Å². The van der Waals surface area contributed by atoms with Gasteiger partial charge in [0.1, 0.15) is 0 Å². The van der Waals surface area contributed by atoms with Crippen LogP contribution in [0.1, 0.15) is 80.1 Å². The van der Waals surface area contributed by atoms with Gasteiger partial charge in [0.15, 0.2) is 0 Å². The molecule has 1 N–H and O–H groups in total. The highest BCUT2D eigenvalue weighted by atomic mass is 14.9. The first-order chi connectivity index (χ1) is 7.70. The molecule has 2 atom stereocenters. The monoisotopic (exact) mass is 229 g/mol. The average Bonchev–Trinajstić information content (AvgIpc) is 2.57. The van der Waals surface area contributed by atoms with Crippen LogP contribution in [0.2, 0.25) is 0 Å². The highest BCUT2D eigenvalue weighted by Gasteiger charge is 2.25. The average molecular weight is 229 g/mol. The predicted molar refractivity (Wildman–Crippen MR) is 77.0 cm³/mol. The molecule has 0 saturated heterocycles. The van der Waals surface area contributed by atoms with Crippen molar-refractivity contribution in [3.8, 4) is 0 Å². The molecule has 0 aromatic rings. The van der Waals surface area contributed by atoms with Gasteiger partial charge < -0.3 is 5.32 Å². The zero-order valence-electron chi connectivity index (χ0n) is 12.8. The van der Waals surface area contributed by atoms with Crippen LogP contribution < -0.4 is 5.32 Å². The summed E-state index contributed by atoms with van der Waals surface area (Å²) in [6, 6.07) is 0. The first-order valence-corrected chi connectivity index (χ1v) is 7.39. The second-order valence-electron chi connectivity index (χ2n) is 4.52. The lowest BCUT2D eigenvalue weighted by atomic mass is 9.92. The van der Waals surface area contributed by atoms with Crippen LogP contribution in [-0.4, -0.2) is 12.6 Å². The van der Waals surface area contributed by atoms with Crippen molar-refractivity contribution >= 4 is 0 Å². The smallest absolute Gasteiger partial charge is 0.0150 e. The summed E-state index contributed by atoms with van der Waals surface area (Å²) in [4.78, 5) is 0. The van der Waals surface area contributed by atoms with E-state index in [0.717, 1.165) is 5.92 Å². The van der Waals surface area contributed by atoms with Gasteiger partial charge in [0.05, 0.1) is 0 Å². The Morgan fingerprint density at radius 2 is 1.62 bits per heavy atom. The van der Waals surface area contributed by atoms with Crippen molar-refractivity contribution in [3.05, 3.63) is 0 Å². The molecular weight excluding hydrogens is 194 g/mol. The van der Waals surface area contributed by atoms with Gasteiger partial charge in [-0.05, 0) is 39.2 Å². The van der Waals surface area contributed by atoms with Gasteiger partial charge >= 0.3 is 0 Å². The van der Waals surface area contributed by atoms with Crippen molar-refractivity contribution in [2.75, 3.05) is 7.05 Å². The Balaban J connectivity index is 0. The quantitative estimate of drug-likeness (QED) is 0.657. The molecule has 1 aliphatic rings. The third-order valence-corrected chi connectivity index (χ3v) is 3.63. The second kappa shape index (κ2) is 11.4. The van der Waals surface area contributed by atoms with Gasteiger partial charge in [-0.3, -0.25) is 0 Å². The first kappa shape index (κ1) is 18.3. The van der Waals surface area contributed by atoms with E-state index in [1.165, 1.54) is 38.5 Å². The normalized spacial score (nSPS) is 29.1. The van der Waals surface area contributed by atoms with Crippen LogP contribution in [-0.2, 0) is 0 Å². The SMILES string of the molecule is CC.CC.CCC1CCCC(C)(NC)CC1. The summed E-state index contributed by atoms with van der Waals surface area (Å²) in [5, 5.41) is 3.46. The molecule has 0 aliphatic heterocycles. The topological polar surface area (TPSA) is 12.0 Å². The largest absolute Gasteiger partial charge is 0.315 e. The van der Waals surface area contributed by atoms with Crippen molar-refractivity contribution < 1.29 is 0 Å². The Bertz CT molecular complexity index is 133. The van der Waals surface area contributed by atoms with E-state index in [-0.39, 0.29) is 0 Å². The van der Waals surface area contributed by atoms with Crippen molar-refractivity contribution in [2.24, 2.45) is 5.92 Å². The van der Waals surface area contributed by atoms with Gasteiger partial charge in [-0.2, -0.15) is 0 Å². The van der Waals surface area contributed by atoms with Gasteiger partial charge in [-0.15, -0.1) is 0 Å². The Hall–Kier alpha value is -0.0400. The fraction of sp³-hybridized carbons (Fsp3) is 1.00. The van der Waals surface area contributed by atoms with Crippen molar-refractivity contribution in [1.82, 2.24) is 5.32 Å². The molecule has 1 rings (SSSR count). The molecule has 1 aliphatic carbocycles. The fourth-order valence-electron chi connectivity index (χ4n) is 2.23.